The maximum atomic E-state index is 13.7. The van der Waals surface area contributed by atoms with E-state index in [2.05, 4.69) is 16.5 Å². The van der Waals surface area contributed by atoms with E-state index in [1.165, 1.54) is 0 Å². The lowest BCUT2D eigenvalue weighted by atomic mass is 9.84. The number of carbonyl (C=O) groups excluding carboxylic acids is 3. The monoisotopic (exact) mass is 621 g/mol. The summed E-state index contributed by atoms with van der Waals surface area (Å²) in [5.41, 5.74) is 0.730. The summed E-state index contributed by atoms with van der Waals surface area (Å²) < 4.78 is 12.3. The normalized spacial score (nSPS) is 16.7. The number of nitriles is 1. The maximum Gasteiger partial charge on any atom is 0.435 e. The van der Waals surface area contributed by atoms with E-state index in [9.17, 15) is 19.6 Å². The zero-order chi connectivity index (χ0) is 32.6. The van der Waals surface area contributed by atoms with Crippen molar-refractivity contribution >= 4 is 46.4 Å². The van der Waals surface area contributed by atoms with Gasteiger partial charge in [-0.15, -0.1) is 5.10 Å². The molecular formula is C33H40ClN5O5. The van der Waals surface area contributed by atoms with Gasteiger partial charge in [-0.2, -0.15) is 9.94 Å². The topological polar surface area (TPSA) is 127 Å². The number of rotatable bonds is 4. The van der Waals surface area contributed by atoms with Crippen molar-refractivity contribution in [1.29, 1.82) is 5.26 Å². The number of nitrogens with one attached hydrogen (secondary N) is 1. The van der Waals surface area contributed by atoms with Gasteiger partial charge in [0.25, 0.3) is 0 Å². The van der Waals surface area contributed by atoms with Crippen LogP contribution in [0.5, 0.6) is 0 Å². The van der Waals surface area contributed by atoms with Gasteiger partial charge in [-0.1, -0.05) is 38.4 Å². The number of hydrogen-bond acceptors (Lipinski definition) is 7. The average molecular weight is 622 g/mol. The van der Waals surface area contributed by atoms with Crippen molar-refractivity contribution in [3.8, 4) is 17.2 Å². The Hall–Kier alpha value is -4.10. The molecule has 4 rings (SSSR count). The molecule has 0 spiro atoms. The molecule has 1 aliphatic heterocycles. The molecule has 1 saturated heterocycles. The minimum Gasteiger partial charge on any atom is -0.447 e. The lowest BCUT2D eigenvalue weighted by Crippen LogP contribution is -2.56. The molecule has 2 heterocycles. The molecule has 1 aliphatic rings. The molecule has 3 aromatic rings. The van der Waals surface area contributed by atoms with Crippen LogP contribution in [-0.2, 0) is 14.3 Å². The van der Waals surface area contributed by atoms with Crippen molar-refractivity contribution < 1.29 is 23.9 Å². The smallest absolute Gasteiger partial charge is 0.435 e. The van der Waals surface area contributed by atoms with Crippen LogP contribution in [0.3, 0.4) is 0 Å². The second kappa shape index (κ2) is 12.1. The van der Waals surface area contributed by atoms with Gasteiger partial charge in [0, 0.05) is 28.1 Å². The highest BCUT2D eigenvalue weighted by atomic mass is 35.5. The predicted octanol–water partition coefficient (Wildman–Crippen LogP) is 7.62. The van der Waals surface area contributed by atoms with Crippen molar-refractivity contribution in [3.63, 3.8) is 0 Å². The second-order valence-corrected chi connectivity index (χ2v) is 14.4. The number of nitrogens with zero attached hydrogens (tertiary/aromatic N) is 4. The third-order valence-corrected chi connectivity index (χ3v) is 7.68. The fourth-order valence-corrected chi connectivity index (χ4v) is 5.19. The molecule has 1 atom stereocenters. The van der Waals surface area contributed by atoms with Crippen molar-refractivity contribution in [2.45, 2.75) is 79.4 Å². The second-order valence-electron chi connectivity index (χ2n) is 14.0. The summed E-state index contributed by atoms with van der Waals surface area (Å²) in [7, 11) is 0. The van der Waals surface area contributed by atoms with Crippen LogP contribution < -0.4 is 5.32 Å². The first kappa shape index (κ1) is 32.8. The Morgan fingerprint density at radius 1 is 1.09 bits per heavy atom. The van der Waals surface area contributed by atoms with Crippen LogP contribution >= 0.6 is 11.6 Å². The van der Waals surface area contributed by atoms with Gasteiger partial charge in [-0.25, -0.2) is 9.59 Å². The number of piperidine rings is 1. The highest BCUT2D eigenvalue weighted by Crippen LogP contribution is 2.36. The Morgan fingerprint density at radius 2 is 1.80 bits per heavy atom. The SMILES string of the molecule is CC(C)(C)COC(=O)n1nc(NC(=O)C2CCC(C)(C)N(C(=O)OC(C)(C)C)C2)c2cc(-c3cc(C#N)ccc3Cl)ccc21. The molecule has 0 saturated carbocycles. The Labute approximate surface area is 263 Å². The number of benzene rings is 2. The summed E-state index contributed by atoms with van der Waals surface area (Å²) in [4.78, 5) is 41.5. The Bertz CT molecular complexity index is 1640. The van der Waals surface area contributed by atoms with Crippen LogP contribution in [0, 0.1) is 22.7 Å². The number of ether oxygens (including phenoxy) is 2. The lowest BCUT2D eigenvalue weighted by molar-refractivity contribution is -0.122. The molecule has 1 unspecified atom stereocenters. The zero-order valence-corrected chi connectivity index (χ0v) is 27.3. The van der Waals surface area contributed by atoms with E-state index >= 15 is 0 Å². The number of aromatic nitrogens is 2. The van der Waals surface area contributed by atoms with Crippen molar-refractivity contribution in [2.75, 3.05) is 18.5 Å². The zero-order valence-electron chi connectivity index (χ0n) is 26.6. The standard InChI is InChI=1S/C33H40ClN5O5/c1-31(2,3)19-43-30(42)39-26-12-10-21(23-15-20(17-35)9-11-25(23)34)16-24(26)27(37-39)36-28(40)22-13-14-33(7,8)38(18-22)29(41)44-32(4,5)6/h9-12,15-16,22H,13-14,18-19H2,1-8H3,(H,36,37,40). The first-order valence-corrected chi connectivity index (χ1v) is 15.0. The number of hydrogen-bond donors (Lipinski definition) is 1. The Balaban J connectivity index is 1.70. The fraction of sp³-hybridized carbons (Fsp3) is 0.485. The molecule has 1 aromatic heterocycles. The molecule has 0 bridgehead atoms. The van der Waals surface area contributed by atoms with Crippen LogP contribution in [0.4, 0.5) is 15.4 Å². The largest absolute Gasteiger partial charge is 0.447 e. The third kappa shape index (κ3) is 7.51. The quantitative estimate of drug-likeness (QED) is 0.317. The summed E-state index contributed by atoms with van der Waals surface area (Å²) in [6, 6.07) is 12.3. The summed E-state index contributed by atoms with van der Waals surface area (Å²) in [6.45, 7) is 15.5. The molecule has 11 heteroatoms. The van der Waals surface area contributed by atoms with Crippen LogP contribution in [0.15, 0.2) is 36.4 Å². The van der Waals surface area contributed by atoms with E-state index in [0.29, 0.717) is 45.5 Å². The lowest BCUT2D eigenvalue weighted by Gasteiger charge is -2.45. The first-order chi connectivity index (χ1) is 20.4. The summed E-state index contributed by atoms with van der Waals surface area (Å²) >= 11 is 6.49. The maximum absolute atomic E-state index is 13.7. The van der Waals surface area contributed by atoms with Gasteiger partial charge < -0.3 is 19.7 Å². The Morgan fingerprint density at radius 3 is 2.43 bits per heavy atom. The number of anilines is 1. The van der Waals surface area contributed by atoms with Crippen LogP contribution in [0.25, 0.3) is 22.0 Å². The number of carbonyl (C=O) groups is 3. The average Bonchev–Trinajstić information content (AvgIpc) is 3.27. The van der Waals surface area contributed by atoms with E-state index in [4.69, 9.17) is 21.1 Å². The van der Waals surface area contributed by atoms with Crippen LogP contribution in [-0.4, -0.2) is 57.1 Å². The van der Waals surface area contributed by atoms with E-state index in [1.807, 2.05) is 34.6 Å². The summed E-state index contributed by atoms with van der Waals surface area (Å²) in [5.74, 6) is -0.701. The number of likely N-dealkylation sites (tertiary alicyclic amines) is 1. The Kier molecular flexibility index (Phi) is 9.04. The van der Waals surface area contributed by atoms with Gasteiger partial charge in [0.1, 0.15) is 5.60 Å². The van der Waals surface area contributed by atoms with Crippen LogP contribution in [0.1, 0.15) is 73.8 Å². The van der Waals surface area contributed by atoms with Crippen LogP contribution in [0.2, 0.25) is 5.02 Å². The number of fused-ring (bicyclic) bond motifs is 1. The van der Waals surface area contributed by atoms with Gasteiger partial charge in [0.05, 0.1) is 29.7 Å². The molecule has 1 fully saturated rings. The molecule has 0 radical (unpaired) electrons. The van der Waals surface area contributed by atoms with Gasteiger partial charge in [-0.3, -0.25) is 4.79 Å². The van der Waals surface area contributed by atoms with Crippen molar-refractivity contribution in [2.24, 2.45) is 11.3 Å². The molecule has 0 aliphatic carbocycles. The molecular weight excluding hydrogens is 582 g/mol. The fourth-order valence-electron chi connectivity index (χ4n) is 4.97. The molecule has 1 N–H and O–H groups in total. The highest BCUT2D eigenvalue weighted by molar-refractivity contribution is 6.33. The van der Waals surface area contributed by atoms with Gasteiger partial charge in [-0.05, 0) is 88.8 Å². The summed E-state index contributed by atoms with van der Waals surface area (Å²) in [6.07, 6.45) is -0.0152. The van der Waals surface area contributed by atoms with Gasteiger partial charge >= 0.3 is 12.2 Å². The molecule has 44 heavy (non-hydrogen) atoms. The molecule has 2 amide bonds. The van der Waals surface area contributed by atoms with Crippen molar-refractivity contribution in [3.05, 3.63) is 47.0 Å². The number of halogens is 1. The highest BCUT2D eigenvalue weighted by Gasteiger charge is 2.41. The van der Waals surface area contributed by atoms with E-state index in [0.717, 1.165) is 4.68 Å². The number of amides is 2. The molecule has 234 valence electrons. The van der Waals surface area contributed by atoms with Crippen molar-refractivity contribution in [1.82, 2.24) is 14.7 Å². The van der Waals surface area contributed by atoms with E-state index < -0.39 is 29.2 Å². The van der Waals surface area contributed by atoms with E-state index in [1.54, 1.807) is 62.1 Å². The van der Waals surface area contributed by atoms with E-state index in [-0.39, 0.29) is 30.3 Å². The molecule has 2 aromatic carbocycles. The minimum atomic E-state index is -0.682. The minimum absolute atomic E-state index is 0.167. The summed E-state index contributed by atoms with van der Waals surface area (Å²) in [5, 5.41) is 17.7. The van der Waals surface area contributed by atoms with Gasteiger partial charge in [0.15, 0.2) is 5.82 Å². The first-order valence-electron chi connectivity index (χ1n) is 14.6. The molecule has 10 nitrogen and oxygen atoms in total. The van der Waals surface area contributed by atoms with Gasteiger partial charge in [0.2, 0.25) is 5.91 Å². The third-order valence-electron chi connectivity index (χ3n) is 7.35. The predicted molar refractivity (Wildman–Crippen MR) is 169 cm³/mol.